The molecule has 0 radical (unpaired) electrons. The fraction of sp³-hybridized carbons (Fsp3) is 0.643. The van der Waals surface area contributed by atoms with Crippen LogP contribution in [0.1, 0.15) is 43.0 Å². The number of nitrogens with two attached hydrogens (primary N) is 1. The van der Waals surface area contributed by atoms with Gasteiger partial charge >= 0.3 is 0 Å². The molecule has 0 aromatic carbocycles. The van der Waals surface area contributed by atoms with Crippen molar-refractivity contribution in [2.45, 2.75) is 52.1 Å². The van der Waals surface area contributed by atoms with Crippen LogP contribution in [-0.2, 0) is 0 Å². The van der Waals surface area contributed by atoms with E-state index in [0.29, 0.717) is 11.4 Å². The highest BCUT2D eigenvalue weighted by Crippen LogP contribution is 2.28. The molecule has 0 aliphatic carbocycles. The van der Waals surface area contributed by atoms with E-state index in [-0.39, 0.29) is 12.1 Å². The summed E-state index contributed by atoms with van der Waals surface area (Å²) in [4.78, 5) is 2.17. The first-order chi connectivity index (χ1) is 9.06. The number of hydrogen-bond acceptors (Lipinski definition) is 5. The molecular weight excluding hydrogens is 238 g/mol. The van der Waals surface area contributed by atoms with Gasteiger partial charge in [-0.3, -0.25) is 0 Å². The third-order valence-corrected chi connectivity index (χ3v) is 3.98. The molecule has 0 saturated carbocycles. The minimum absolute atomic E-state index is 0.0650. The first kappa shape index (κ1) is 13.8. The van der Waals surface area contributed by atoms with Gasteiger partial charge in [0, 0.05) is 18.6 Å². The van der Waals surface area contributed by atoms with E-state index in [2.05, 4.69) is 21.2 Å². The first-order valence-electron chi connectivity index (χ1n) is 6.82. The zero-order valence-electron chi connectivity index (χ0n) is 11.8. The number of rotatable bonds is 2. The predicted molar refractivity (Wildman–Crippen MR) is 74.9 cm³/mol. The summed E-state index contributed by atoms with van der Waals surface area (Å²) in [5.74, 6) is 0.701. The molecular formula is C14H21N5. The minimum Gasteiger partial charge on any atom is -0.349 e. The van der Waals surface area contributed by atoms with Crippen LogP contribution in [-0.4, -0.2) is 28.8 Å². The van der Waals surface area contributed by atoms with Crippen molar-refractivity contribution in [1.29, 1.82) is 5.26 Å². The lowest BCUT2D eigenvalue weighted by molar-refractivity contribution is 0.409. The summed E-state index contributed by atoms with van der Waals surface area (Å²) in [7, 11) is 0. The molecule has 2 unspecified atom stereocenters. The summed E-state index contributed by atoms with van der Waals surface area (Å²) in [6.45, 7) is 6.73. The molecule has 2 N–H and O–H groups in total. The molecule has 1 aliphatic rings. The van der Waals surface area contributed by atoms with Gasteiger partial charge < -0.3 is 10.6 Å². The second-order valence-corrected chi connectivity index (χ2v) is 5.34. The van der Waals surface area contributed by atoms with Crippen molar-refractivity contribution in [2.75, 3.05) is 11.4 Å². The molecule has 1 aliphatic heterocycles. The van der Waals surface area contributed by atoms with Gasteiger partial charge in [-0.25, -0.2) is 0 Å². The average molecular weight is 259 g/mol. The standard InChI is InChI=1S/C14H21N5/c1-9-11(3)17-18-14(12(9)8-15)19-7-5-4-6-13(19)10(2)16/h10,13H,4-7,16H2,1-3H3. The van der Waals surface area contributed by atoms with Crippen LogP contribution < -0.4 is 10.6 Å². The van der Waals surface area contributed by atoms with Crippen LogP contribution >= 0.6 is 0 Å². The van der Waals surface area contributed by atoms with Crippen LogP contribution in [0.2, 0.25) is 0 Å². The Morgan fingerprint density at radius 3 is 2.74 bits per heavy atom. The maximum Gasteiger partial charge on any atom is 0.169 e. The average Bonchev–Trinajstić information content (AvgIpc) is 2.41. The van der Waals surface area contributed by atoms with Crippen LogP contribution in [0.3, 0.4) is 0 Å². The molecule has 1 aromatic rings. The van der Waals surface area contributed by atoms with Crippen molar-refractivity contribution in [1.82, 2.24) is 10.2 Å². The van der Waals surface area contributed by atoms with Crippen molar-refractivity contribution in [3.8, 4) is 6.07 Å². The Hall–Kier alpha value is -1.67. The van der Waals surface area contributed by atoms with Gasteiger partial charge in [-0.15, -0.1) is 5.10 Å². The monoisotopic (exact) mass is 259 g/mol. The number of nitrogens with zero attached hydrogens (tertiary/aromatic N) is 4. The van der Waals surface area contributed by atoms with Gasteiger partial charge in [0.25, 0.3) is 0 Å². The highest BCUT2D eigenvalue weighted by atomic mass is 15.3. The molecule has 2 rings (SSSR count). The summed E-state index contributed by atoms with van der Waals surface area (Å²) in [5.41, 5.74) is 8.45. The van der Waals surface area contributed by atoms with Crippen LogP contribution in [0, 0.1) is 25.2 Å². The third-order valence-electron chi connectivity index (χ3n) is 3.98. The Bertz CT molecular complexity index is 503. The van der Waals surface area contributed by atoms with E-state index in [1.54, 1.807) is 0 Å². The Kier molecular flexibility index (Phi) is 4.01. The number of anilines is 1. The molecule has 0 amide bonds. The van der Waals surface area contributed by atoms with E-state index in [1.807, 2.05) is 20.8 Å². The number of piperidine rings is 1. The maximum absolute atomic E-state index is 9.40. The highest BCUT2D eigenvalue weighted by Gasteiger charge is 2.29. The second-order valence-electron chi connectivity index (χ2n) is 5.34. The Balaban J connectivity index is 2.45. The van der Waals surface area contributed by atoms with Gasteiger partial charge in [0.15, 0.2) is 5.82 Å². The van der Waals surface area contributed by atoms with Crippen molar-refractivity contribution < 1.29 is 0 Å². The second kappa shape index (κ2) is 5.54. The molecule has 5 heteroatoms. The van der Waals surface area contributed by atoms with Crippen LogP contribution in [0.5, 0.6) is 0 Å². The van der Waals surface area contributed by atoms with E-state index in [1.165, 1.54) is 6.42 Å². The smallest absolute Gasteiger partial charge is 0.169 e. The van der Waals surface area contributed by atoms with Crippen LogP contribution in [0.15, 0.2) is 0 Å². The quantitative estimate of drug-likeness (QED) is 0.874. The first-order valence-corrected chi connectivity index (χ1v) is 6.82. The molecule has 1 aromatic heterocycles. The Morgan fingerprint density at radius 2 is 2.11 bits per heavy atom. The lowest BCUT2D eigenvalue weighted by Crippen LogP contribution is -2.50. The largest absolute Gasteiger partial charge is 0.349 e. The van der Waals surface area contributed by atoms with Gasteiger partial charge in [-0.1, -0.05) is 0 Å². The van der Waals surface area contributed by atoms with Gasteiger partial charge in [-0.2, -0.15) is 10.4 Å². The van der Waals surface area contributed by atoms with Gasteiger partial charge in [0.05, 0.1) is 5.69 Å². The summed E-state index contributed by atoms with van der Waals surface area (Å²) in [5, 5.41) is 17.8. The molecule has 0 spiro atoms. The number of aromatic nitrogens is 2. The zero-order chi connectivity index (χ0) is 14.0. The molecule has 2 heterocycles. The van der Waals surface area contributed by atoms with Crippen LogP contribution in [0.25, 0.3) is 0 Å². The topological polar surface area (TPSA) is 78.8 Å². The number of nitriles is 1. The van der Waals surface area contributed by atoms with Crippen molar-refractivity contribution >= 4 is 5.82 Å². The molecule has 102 valence electrons. The van der Waals surface area contributed by atoms with E-state index in [4.69, 9.17) is 5.73 Å². The lowest BCUT2D eigenvalue weighted by atomic mass is 9.96. The lowest BCUT2D eigenvalue weighted by Gasteiger charge is -2.39. The maximum atomic E-state index is 9.40. The predicted octanol–water partition coefficient (Wildman–Crippen LogP) is 1.67. The molecule has 19 heavy (non-hydrogen) atoms. The Labute approximate surface area is 114 Å². The fourth-order valence-electron chi connectivity index (χ4n) is 2.70. The summed E-state index contributed by atoms with van der Waals surface area (Å²) >= 11 is 0. The minimum atomic E-state index is 0.0650. The van der Waals surface area contributed by atoms with E-state index in [0.717, 1.165) is 30.6 Å². The number of aryl methyl sites for hydroxylation is 1. The van der Waals surface area contributed by atoms with Crippen molar-refractivity contribution in [3.05, 3.63) is 16.8 Å². The number of hydrogen-bond donors (Lipinski definition) is 1. The Morgan fingerprint density at radius 1 is 1.37 bits per heavy atom. The highest BCUT2D eigenvalue weighted by molar-refractivity contribution is 5.58. The molecule has 2 atom stereocenters. The van der Waals surface area contributed by atoms with Gasteiger partial charge in [0.2, 0.25) is 0 Å². The van der Waals surface area contributed by atoms with Gasteiger partial charge in [0.1, 0.15) is 11.6 Å². The SMILES string of the molecule is Cc1nnc(N2CCCCC2C(C)N)c(C#N)c1C. The van der Waals surface area contributed by atoms with E-state index >= 15 is 0 Å². The normalized spacial score (nSPS) is 21.0. The summed E-state index contributed by atoms with van der Waals surface area (Å²) < 4.78 is 0. The summed E-state index contributed by atoms with van der Waals surface area (Å²) in [6, 6.07) is 2.59. The van der Waals surface area contributed by atoms with E-state index in [9.17, 15) is 5.26 Å². The zero-order valence-corrected chi connectivity index (χ0v) is 11.8. The van der Waals surface area contributed by atoms with Crippen LogP contribution in [0.4, 0.5) is 5.82 Å². The van der Waals surface area contributed by atoms with Crippen molar-refractivity contribution in [3.63, 3.8) is 0 Å². The van der Waals surface area contributed by atoms with Gasteiger partial charge in [-0.05, 0) is 45.6 Å². The molecule has 1 fully saturated rings. The summed E-state index contributed by atoms with van der Waals surface area (Å²) in [6.07, 6.45) is 3.35. The molecule has 1 saturated heterocycles. The fourth-order valence-corrected chi connectivity index (χ4v) is 2.70. The molecule has 5 nitrogen and oxygen atoms in total. The third kappa shape index (κ3) is 2.54. The van der Waals surface area contributed by atoms with E-state index < -0.39 is 0 Å². The van der Waals surface area contributed by atoms with Crippen molar-refractivity contribution in [2.24, 2.45) is 5.73 Å². The molecule has 0 bridgehead atoms.